The zero-order chi connectivity index (χ0) is 27.4. The third-order valence-corrected chi connectivity index (χ3v) is 5.89. The molecular weight excluding hydrogens is 844 g/mol. The molecule has 0 aliphatic rings. The number of ether oxygens (including phenoxy) is 3. The van der Waals surface area contributed by atoms with Gasteiger partial charge in [0.1, 0.15) is 11.6 Å². The molecular formula is C18H18Br5ClFN9O3. The Morgan fingerprint density at radius 2 is 1.49 bits per heavy atom. The van der Waals surface area contributed by atoms with Gasteiger partial charge in [0.05, 0.1) is 26.3 Å². The second kappa shape index (κ2) is 16.8. The van der Waals surface area contributed by atoms with E-state index in [0.29, 0.717) is 50.0 Å². The second-order valence-electron chi connectivity index (χ2n) is 6.35. The van der Waals surface area contributed by atoms with Crippen LogP contribution in [0.15, 0.2) is 41.9 Å². The number of nitrogens with one attached hydrogen (secondary N) is 1. The molecule has 0 bridgehead atoms. The number of aromatic nitrogens is 9. The molecule has 19 heteroatoms. The van der Waals surface area contributed by atoms with Gasteiger partial charge in [-0.05, 0) is 91.8 Å². The van der Waals surface area contributed by atoms with Crippen molar-refractivity contribution in [2.45, 2.75) is 13.1 Å². The Hall–Kier alpha value is -1.02. The van der Waals surface area contributed by atoms with E-state index in [0.717, 1.165) is 0 Å². The van der Waals surface area contributed by atoms with E-state index in [1.165, 1.54) is 22.9 Å². The highest BCUT2D eigenvalue weighted by Gasteiger charge is 2.11. The zero-order valence-corrected chi connectivity index (χ0v) is 27.7. The summed E-state index contributed by atoms with van der Waals surface area (Å²) in [6.45, 7) is 2.26. The number of halogens is 7. The van der Waals surface area contributed by atoms with E-state index < -0.39 is 5.82 Å². The van der Waals surface area contributed by atoms with Crippen LogP contribution in [0.5, 0.6) is 11.8 Å². The number of nitrogens with zero attached hydrogens (tertiary/aromatic N) is 8. The molecule has 0 fully saturated rings. The summed E-state index contributed by atoms with van der Waals surface area (Å²) in [5, 5.41) is 14.6. The van der Waals surface area contributed by atoms with E-state index in [1.807, 2.05) is 0 Å². The molecule has 0 saturated heterocycles. The maximum absolute atomic E-state index is 13.2. The fraction of sp³-hybridized carbons (Fsp3) is 0.333. The number of hydrogen-bond donors (Lipinski definition) is 1. The smallest absolute Gasteiger partial charge is 0.321 e. The molecule has 0 atom stereocenters. The Labute approximate surface area is 257 Å². The molecule has 0 radical (unpaired) electrons. The molecule has 4 rings (SSSR count). The van der Waals surface area contributed by atoms with Crippen molar-refractivity contribution in [3.05, 3.63) is 52.7 Å². The Balaban J connectivity index is 0.000000224. The van der Waals surface area contributed by atoms with Gasteiger partial charge < -0.3 is 14.2 Å². The molecule has 37 heavy (non-hydrogen) atoms. The lowest BCUT2D eigenvalue weighted by atomic mass is 10.3. The van der Waals surface area contributed by atoms with Crippen LogP contribution in [0.25, 0.3) is 0 Å². The molecule has 1 N–H and O–H groups in total. The quantitative estimate of drug-likeness (QED) is 0.225. The first-order valence-electron chi connectivity index (χ1n) is 9.82. The predicted octanol–water partition coefficient (Wildman–Crippen LogP) is 6.05. The van der Waals surface area contributed by atoms with Crippen LogP contribution in [0.2, 0.25) is 5.02 Å². The molecule has 0 aliphatic carbocycles. The van der Waals surface area contributed by atoms with Gasteiger partial charge in [0.25, 0.3) is 0 Å². The SMILES string of the molecule is Brc1n[nH]c(Br)n1.COCCn1nc(Br)nc1Br.COCCn1nc(Br)nc1Oc1cc(F)cc(Cl)c1. The average molecular weight is 862 g/mol. The molecule has 0 unspecified atom stereocenters. The summed E-state index contributed by atoms with van der Waals surface area (Å²) >= 11 is 21.4. The summed E-state index contributed by atoms with van der Waals surface area (Å²) in [5.74, 6) is -0.229. The van der Waals surface area contributed by atoms with Crippen LogP contribution in [0.4, 0.5) is 4.39 Å². The lowest BCUT2D eigenvalue weighted by molar-refractivity contribution is 0.179. The monoisotopic (exact) mass is 857 g/mol. The minimum Gasteiger partial charge on any atom is -0.424 e. The van der Waals surface area contributed by atoms with Gasteiger partial charge in [0, 0.05) is 25.3 Å². The zero-order valence-electron chi connectivity index (χ0n) is 19.0. The van der Waals surface area contributed by atoms with Crippen LogP contribution in [0, 0.1) is 5.82 Å². The molecule has 3 aromatic heterocycles. The van der Waals surface area contributed by atoms with Crippen LogP contribution in [0.3, 0.4) is 0 Å². The normalized spacial score (nSPS) is 10.4. The van der Waals surface area contributed by atoms with E-state index in [-0.39, 0.29) is 16.8 Å². The maximum atomic E-state index is 13.2. The summed E-state index contributed by atoms with van der Waals surface area (Å²) in [5.41, 5.74) is 0. The number of aromatic amines is 1. The molecule has 12 nitrogen and oxygen atoms in total. The van der Waals surface area contributed by atoms with Crippen LogP contribution in [-0.2, 0) is 22.6 Å². The van der Waals surface area contributed by atoms with Crippen molar-refractivity contribution in [1.82, 2.24) is 44.7 Å². The number of benzene rings is 1. The van der Waals surface area contributed by atoms with Crippen LogP contribution in [-0.4, -0.2) is 72.1 Å². The van der Waals surface area contributed by atoms with Gasteiger partial charge in [-0.15, -0.1) is 15.3 Å². The number of H-pyrrole nitrogens is 1. The lowest BCUT2D eigenvalue weighted by Gasteiger charge is -2.07. The van der Waals surface area contributed by atoms with Crippen molar-refractivity contribution in [2.24, 2.45) is 0 Å². The van der Waals surface area contributed by atoms with Crippen molar-refractivity contribution in [1.29, 1.82) is 0 Å². The molecule has 3 heterocycles. The van der Waals surface area contributed by atoms with Gasteiger partial charge in [-0.1, -0.05) is 11.6 Å². The van der Waals surface area contributed by atoms with Gasteiger partial charge in [0.15, 0.2) is 9.47 Å². The van der Waals surface area contributed by atoms with Crippen molar-refractivity contribution in [2.75, 3.05) is 27.4 Å². The first kappa shape index (κ1) is 32.2. The molecule has 0 saturated carbocycles. The second-order valence-corrected chi connectivity index (χ2v) is 10.4. The highest BCUT2D eigenvalue weighted by atomic mass is 79.9. The molecule has 0 amide bonds. The Kier molecular flexibility index (Phi) is 14.6. The molecule has 4 aromatic rings. The molecule has 1 aromatic carbocycles. The third-order valence-electron chi connectivity index (χ3n) is 3.70. The number of methoxy groups -OCH3 is 2. The molecule has 0 aliphatic heterocycles. The van der Waals surface area contributed by atoms with E-state index in [9.17, 15) is 4.39 Å². The Morgan fingerprint density at radius 1 is 0.865 bits per heavy atom. The van der Waals surface area contributed by atoms with Crippen LogP contribution in [0.1, 0.15) is 0 Å². The highest BCUT2D eigenvalue weighted by molar-refractivity contribution is 9.11. The average Bonchev–Trinajstić information content (AvgIpc) is 3.48. The largest absolute Gasteiger partial charge is 0.424 e. The van der Waals surface area contributed by atoms with E-state index >= 15 is 0 Å². The van der Waals surface area contributed by atoms with Gasteiger partial charge in [-0.2, -0.15) is 15.0 Å². The topological polar surface area (TPSA) is 131 Å². The van der Waals surface area contributed by atoms with Crippen molar-refractivity contribution in [3.63, 3.8) is 0 Å². The van der Waals surface area contributed by atoms with Gasteiger partial charge in [-0.25, -0.2) is 13.8 Å². The molecule has 202 valence electrons. The van der Waals surface area contributed by atoms with Crippen molar-refractivity contribution in [3.8, 4) is 11.8 Å². The van der Waals surface area contributed by atoms with E-state index in [2.05, 4.69) is 115 Å². The van der Waals surface area contributed by atoms with E-state index in [4.69, 9.17) is 25.8 Å². The lowest BCUT2D eigenvalue weighted by Crippen LogP contribution is -2.07. The van der Waals surface area contributed by atoms with Crippen LogP contribution < -0.4 is 4.74 Å². The minimum atomic E-state index is -0.482. The predicted molar refractivity (Wildman–Crippen MR) is 150 cm³/mol. The van der Waals surface area contributed by atoms with Crippen LogP contribution >= 0.6 is 91.3 Å². The summed E-state index contributed by atoms with van der Waals surface area (Å²) < 4.78 is 34.6. The number of hydrogen-bond acceptors (Lipinski definition) is 9. The summed E-state index contributed by atoms with van der Waals surface area (Å²) in [6.07, 6.45) is 0. The fourth-order valence-electron chi connectivity index (χ4n) is 2.23. The first-order valence-corrected chi connectivity index (χ1v) is 14.2. The van der Waals surface area contributed by atoms with E-state index in [1.54, 1.807) is 18.9 Å². The first-order chi connectivity index (χ1) is 17.6. The summed E-state index contributed by atoms with van der Waals surface area (Å²) in [6, 6.07) is 4.13. The third kappa shape index (κ3) is 12.1. The Morgan fingerprint density at radius 3 is 1.97 bits per heavy atom. The fourth-order valence-corrected chi connectivity index (χ4v) is 4.57. The van der Waals surface area contributed by atoms with Gasteiger partial charge >= 0.3 is 6.01 Å². The van der Waals surface area contributed by atoms with Gasteiger partial charge in [-0.3, -0.25) is 5.10 Å². The van der Waals surface area contributed by atoms with Gasteiger partial charge in [0.2, 0.25) is 14.2 Å². The van der Waals surface area contributed by atoms with Crippen molar-refractivity contribution >= 4 is 91.3 Å². The number of rotatable bonds is 8. The minimum absolute atomic E-state index is 0.227. The summed E-state index contributed by atoms with van der Waals surface area (Å²) in [7, 11) is 3.23. The molecule has 0 spiro atoms. The highest BCUT2D eigenvalue weighted by Crippen LogP contribution is 2.25. The maximum Gasteiger partial charge on any atom is 0.321 e. The Bertz CT molecular complexity index is 1220. The standard InChI is InChI=1S/C11H10BrClFN3O2.C5H7Br2N3O.C2HBr2N3/c1-18-3-2-17-11(15-10(12)16-17)19-9-5-7(13)4-8(14)6-9;1-11-3-2-10-5(7)8-4(6)9-10;3-1-5-2(4)7-6-1/h4-6H,2-3H2,1H3;2-3H2,1H3;(H,5,6,7). The van der Waals surface area contributed by atoms with Crippen molar-refractivity contribution < 1.29 is 18.6 Å². The summed E-state index contributed by atoms with van der Waals surface area (Å²) in [4.78, 5) is 11.8.